The maximum Gasteiger partial charge on any atom is 0.229 e. The van der Waals surface area contributed by atoms with E-state index >= 15 is 0 Å². The van der Waals surface area contributed by atoms with Crippen LogP contribution in [0.4, 0.5) is 11.4 Å². The smallest absolute Gasteiger partial charge is 0.229 e. The van der Waals surface area contributed by atoms with E-state index in [1.807, 2.05) is 25.2 Å². The number of carbonyl (C=O) groups is 2. The second-order valence-electron chi connectivity index (χ2n) is 6.59. The summed E-state index contributed by atoms with van der Waals surface area (Å²) in [7, 11) is 2.05. The molecule has 5 heteroatoms. The third-order valence-corrected chi connectivity index (χ3v) is 4.54. The highest BCUT2D eigenvalue weighted by Crippen LogP contribution is 2.32. The number of rotatable bonds is 4. The molecule has 1 heterocycles. The molecule has 2 N–H and O–H groups in total. The van der Waals surface area contributed by atoms with Gasteiger partial charge in [0.05, 0.1) is 5.92 Å². The van der Waals surface area contributed by atoms with Crippen molar-refractivity contribution < 1.29 is 9.59 Å². The molecule has 130 valence electrons. The zero-order valence-electron chi connectivity index (χ0n) is 14.5. The molecule has 0 bridgehead atoms. The van der Waals surface area contributed by atoms with Crippen LogP contribution in [0.25, 0.3) is 0 Å². The van der Waals surface area contributed by atoms with Gasteiger partial charge in [-0.3, -0.25) is 9.59 Å². The first-order chi connectivity index (χ1) is 12.0. The first-order valence-corrected chi connectivity index (χ1v) is 8.45. The first kappa shape index (κ1) is 17.2. The zero-order chi connectivity index (χ0) is 17.8. The molecule has 1 aliphatic heterocycles. The molecule has 1 aliphatic rings. The number of anilines is 2. The molecule has 2 atom stereocenters. The van der Waals surface area contributed by atoms with Gasteiger partial charge in [0.2, 0.25) is 11.8 Å². The van der Waals surface area contributed by atoms with Crippen LogP contribution in [0.1, 0.15) is 18.4 Å². The lowest BCUT2D eigenvalue weighted by molar-refractivity contribution is -0.120. The summed E-state index contributed by atoms with van der Waals surface area (Å²) in [6.45, 7) is 3.09. The van der Waals surface area contributed by atoms with Gasteiger partial charge in [-0.25, -0.2) is 0 Å². The van der Waals surface area contributed by atoms with Gasteiger partial charge in [0, 0.05) is 37.3 Å². The van der Waals surface area contributed by atoms with E-state index in [2.05, 4.69) is 27.7 Å². The van der Waals surface area contributed by atoms with Crippen LogP contribution >= 0.6 is 0 Å². The molecule has 3 rings (SSSR count). The molecule has 2 amide bonds. The molecule has 0 spiro atoms. The minimum atomic E-state index is -0.114. The van der Waals surface area contributed by atoms with Gasteiger partial charge in [-0.15, -0.1) is 0 Å². The Morgan fingerprint density at radius 2 is 1.52 bits per heavy atom. The predicted octanol–water partition coefficient (Wildman–Crippen LogP) is 2.93. The van der Waals surface area contributed by atoms with Crippen molar-refractivity contribution in [1.29, 1.82) is 0 Å². The van der Waals surface area contributed by atoms with E-state index in [4.69, 9.17) is 0 Å². The van der Waals surface area contributed by atoms with Gasteiger partial charge in [0.25, 0.3) is 0 Å². The van der Waals surface area contributed by atoms with Crippen LogP contribution in [0.2, 0.25) is 0 Å². The summed E-state index contributed by atoms with van der Waals surface area (Å²) in [5, 5.41) is 5.72. The Morgan fingerprint density at radius 3 is 2.12 bits per heavy atom. The van der Waals surface area contributed by atoms with Crippen LogP contribution in [0.5, 0.6) is 0 Å². The van der Waals surface area contributed by atoms with Gasteiger partial charge in [-0.1, -0.05) is 30.3 Å². The number of hydrogen-bond acceptors (Lipinski definition) is 3. The van der Waals surface area contributed by atoms with Crippen molar-refractivity contribution in [1.82, 2.24) is 4.90 Å². The molecule has 1 saturated heterocycles. The third kappa shape index (κ3) is 4.25. The van der Waals surface area contributed by atoms with Crippen LogP contribution in [-0.4, -0.2) is 36.9 Å². The fourth-order valence-electron chi connectivity index (χ4n) is 3.38. The van der Waals surface area contributed by atoms with Crippen molar-refractivity contribution in [3.63, 3.8) is 0 Å². The second kappa shape index (κ2) is 7.49. The monoisotopic (exact) mass is 337 g/mol. The fraction of sp³-hybridized carbons (Fsp3) is 0.300. The summed E-state index contributed by atoms with van der Waals surface area (Å²) < 4.78 is 0. The molecule has 0 aromatic heterocycles. The molecule has 2 aromatic carbocycles. The van der Waals surface area contributed by atoms with Crippen LogP contribution in [0, 0.1) is 5.92 Å². The van der Waals surface area contributed by atoms with Gasteiger partial charge in [0.1, 0.15) is 0 Å². The SMILES string of the molecule is CC(=O)Nc1ccc(NC(=O)[C@@H]2CN(C)C[C@H]2c2ccccc2)cc1. The fourth-order valence-corrected chi connectivity index (χ4v) is 3.38. The minimum absolute atomic E-state index is 0.0329. The van der Waals surface area contributed by atoms with Gasteiger partial charge < -0.3 is 15.5 Å². The molecule has 0 saturated carbocycles. The Labute approximate surface area is 148 Å². The summed E-state index contributed by atoms with van der Waals surface area (Å²) >= 11 is 0. The lowest BCUT2D eigenvalue weighted by Gasteiger charge is -2.18. The molecule has 5 nitrogen and oxygen atoms in total. The van der Waals surface area contributed by atoms with Gasteiger partial charge >= 0.3 is 0 Å². The van der Waals surface area contributed by atoms with Crippen molar-refractivity contribution in [2.24, 2.45) is 5.92 Å². The van der Waals surface area contributed by atoms with Crippen LogP contribution in [0.15, 0.2) is 54.6 Å². The summed E-state index contributed by atoms with van der Waals surface area (Å²) in [6, 6.07) is 17.4. The topological polar surface area (TPSA) is 61.4 Å². The second-order valence-corrected chi connectivity index (χ2v) is 6.59. The van der Waals surface area contributed by atoms with Crippen molar-refractivity contribution in [2.75, 3.05) is 30.8 Å². The summed E-state index contributed by atoms with van der Waals surface area (Å²) in [6.07, 6.45) is 0. The highest BCUT2D eigenvalue weighted by Gasteiger charge is 2.36. The van der Waals surface area contributed by atoms with E-state index in [9.17, 15) is 9.59 Å². The normalized spacial score (nSPS) is 20.2. The lowest BCUT2D eigenvalue weighted by atomic mass is 9.88. The summed E-state index contributed by atoms with van der Waals surface area (Å²) in [4.78, 5) is 26.1. The third-order valence-electron chi connectivity index (χ3n) is 4.54. The molecule has 0 radical (unpaired) electrons. The number of likely N-dealkylation sites (N-methyl/N-ethyl adjacent to an activating group) is 1. The minimum Gasteiger partial charge on any atom is -0.326 e. The first-order valence-electron chi connectivity index (χ1n) is 8.45. The Bertz CT molecular complexity index is 743. The lowest BCUT2D eigenvalue weighted by Crippen LogP contribution is -2.28. The van der Waals surface area contributed by atoms with Crippen molar-refractivity contribution >= 4 is 23.2 Å². The van der Waals surface area contributed by atoms with E-state index in [-0.39, 0.29) is 23.7 Å². The van der Waals surface area contributed by atoms with Crippen LogP contribution < -0.4 is 10.6 Å². The predicted molar refractivity (Wildman–Crippen MR) is 99.5 cm³/mol. The quantitative estimate of drug-likeness (QED) is 0.902. The van der Waals surface area contributed by atoms with Crippen molar-refractivity contribution in [2.45, 2.75) is 12.8 Å². The molecular formula is C20H23N3O2. The van der Waals surface area contributed by atoms with E-state index in [1.165, 1.54) is 12.5 Å². The zero-order valence-corrected chi connectivity index (χ0v) is 14.5. The van der Waals surface area contributed by atoms with Gasteiger partial charge in [-0.05, 0) is 36.9 Å². The maximum atomic E-state index is 12.8. The molecular weight excluding hydrogens is 314 g/mol. The van der Waals surface area contributed by atoms with Crippen LogP contribution in [-0.2, 0) is 9.59 Å². The van der Waals surface area contributed by atoms with Crippen molar-refractivity contribution in [3.05, 3.63) is 60.2 Å². The van der Waals surface area contributed by atoms with E-state index in [0.29, 0.717) is 5.69 Å². The summed E-state index contributed by atoms with van der Waals surface area (Å²) in [5.41, 5.74) is 2.65. The number of likely N-dealkylation sites (tertiary alicyclic amines) is 1. The van der Waals surface area contributed by atoms with E-state index in [1.54, 1.807) is 24.3 Å². The standard InChI is InChI=1S/C20H23N3O2/c1-14(24)21-16-8-10-17(11-9-16)22-20(25)19-13-23(2)12-18(19)15-6-4-3-5-7-15/h3-11,18-19H,12-13H2,1-2H3,(H,21,24)(H,22,25)/t18-,19+/m0/s1. The van der Waals surface area contributed by atoms with Crippen molar-refractivity contribution in [3.8, 4) is 0 Å². The Kier molecular flexibility index (Phi) is 5.14. The maximum absolute atomic E-state index is 12.8. The molecule has 0 unspecified atom stereocenters. The van der Waals surface area contributed by atoms with Crippen LogP contribution in [0.3, 0.4) is 0 Å². The number of carbonyl (C=O) groups excluding carboxylic acids is 2. The number of amides is 2. The number of benzene rings is 2. The Morgan fingerprint density at radius 1 is 0.920 bits per heavy atom. The average molecular weight is 337 g/mol. The highest BCUT2D eigenvalue weighted by atomic mass is 16.2. The number of nitrogens with one attached hydrogen (secondary N) is 2. The van der Waals surface area contributed by atoms with E-state index < -0.39 is 0 Å². The Balaban J connectivity index is 1.70. The van der Waals surface area contributed by atoms with Gasteiger partial charge in [0.15, 0.2) is 0 Å². The number of nitrogens with zero attached hydrogens (tertiary/aromatic N) is 1. The largest absolute Gasteiger partial charge is 0.326 e. The summed E-state index contributed by atoms with van der Waals surface area (Å²) in [5.74, 6) is 0.0363. The molecule has 25 heavy (non-hydrogen) atoms. The Hall–Kier alpha value is -2.66. The van der Waals surface area contributed by atoms with E-state index in [0.717, 1.165) is 18.8 Å². The number of hydrogen-bond donors (Lipinski definition) is 2. The average Bonchev–Trinajstić information content (AvgIpc) is 2.99. The van der Waals surface area contributed by atoms with Gasteiger partial charge in [-0.2, -0.15) is 0 Å². The molecule has 2 aromatic rings. The molecule has 1 fully saturated rings. The highest BCUT2D eigenvalue weighted by molar-refractivity contribution is 5.94. The molecule has 0 aliphatic carbocycles.